The summed E-state index contributed by atoms with van der Waals surface area (Å²) in [6.07, 6.45) is 7.53. The average molecular weight is 449 g/mol. The highest BCUT2D eigenvalue weighted by atomic mass is 15.2. The largest absolute Gasteiger partial charge is 0.356 e. The number of benzene rings is 2. The van der Waals surface area contributed by atoms with Gasteiger partial charge in [-0.25, -0.2) is 9.97 Å². The van der Waals surface area contributed by atoms with Crippen LogP contribution < -0.4 is 9.80 Å². The average Bonchev–Trinajstić information content (AvgIpc) is 2.93. The topological polar surface area (TPSA) is 32.3 Å². The lowest BCUT2D eigenvalue weighted by Gasteiger charge is -2.33. The van der Waals surface area contributed by atoms with Gasteiger partial charge in [0.2, 0.25) is 0 Å². The minimum atomic E-state index is 1.04. The fourth-order valence-corrected chi connectivity index (χ4v) is 5.43. The predicted molar refractivity (Wildman–Crippen MR) is 143 cm³/mol. The zero-order chi connectivity index (χ0) is 22.7. The van der Waals surface area contributed by atoms with Crippen molar-refractivity contribution >= 4 is 22.4 Å². The molecule has 0 N–H and O–H groups in total. The van der Waals surface area contributed by atoms with Gasteiger partial charge in [-0.15, -0.1) is 0 Å². The van der Waals surface area contributed by atoms with E-state index >= 15 is 0 Å². The Morgan fingerprint density at radius 1 is 0.500 bits per heavy atom. The van der Waals surface area contributed by atoms with Gasteiger partial charge < -0.3 is 9.80 Å². The molecule has 4 heterocycles. The van der Waals surface area contributed by atoms with E-state index in [1.807, 2.05) is 0 Å². The third-order valence-electron chi connectivity index (χ3n) is 7.22. The molecule has 34 heavy (non-hydrogen) atoms. The molecule has 2 fully saturated rings. The summed E-state index contributed by atoms with van der Waals surface area (Å²) < 4.78 is 0. The first-order chi connectivity index (χ1) is 16.9. The number of rotatable bonds is 4. The maximum absolute atomic E-state index is 5.31. The van der Waals surface area contributed by atoms with Crippen molar-refractivity contribution < 1.29 is 0 Å². The van der Waals surface area contributed by atoms with Gasteiger partial charge >= 0.3 is 0 Å². The third-order valence-corrected chi connectivity index (χ3v) is 7.22. The summed E-state index contributed by atoms with van der Waals surface area (Å²) in [5, 5.41) is 2.46. The van der Waals surface area contributed by atoms with Crippen LogP contribution in [0.25, 0.3) is 33.3 Å². The zero-order valence-electron chi connectivity index (χ0n) is 19.8. The summed E-state index contributed by atoms with van der Waals surface area (Å²) in [6.45, 7) is 4.28. The predicted octanol–water partition coefficient (Wildman–Crippen LogP) is 6.94. The summed E-state index contributed by atoms with van der Waals surface area (Å²) in [6, 6.07) is 25.8. The lowest BCUT2D eigenvalue weighted by atomic mass is 10.0. The summed E-state index contributed by atoms with van der Waals surface area (Å²) >= 11 is 0. The monoisotopic (exact) mass is 448 g/mol. The van der Waals surface area contributed by atoms with Crippen molar-refractivity contribution in [3.63, 3.8) is 0 Å². The number of hydrogen-bond acceptors (Lipinski definition) is 4. The van der Waals surface area contributed by atoms with Crippen LogP contribution in [0.3, 0.4) is 0 Å². The van der Waals surface area contributed by atoms with Crippen LogP contribution in [0, 0.1) is 0 Å². The van der Waals surface area contributed by atoms with Gasteiger partial charge in [0.25, 0.3) is 0 Å². The fraction of sp³-hybridized carbons (Fsp3) is 0.333. The Balaban J connectivity index is 1.62. The second-order valence-corrected chi connectivity index (χ2v) is 9.59. The molecule has 0 spiro atoms. The van der Waals surface area contributed by atoms with Gasteiger partial charge in [-0.1, -0.05) is 60.7 Å². The first kappa shape index (κ1) is 21.2. The molecule has 2 saturated heterocycles. The molecule has 0 unspecified atom stereocenters. The Bertz CT molecular complexity index is 1160. The molecular formula is C30H32N4. The zero-order valence-corrected chi connectivity index (χ0v) is 19.8. The van der Waals surface area contributed by atoms with E-state index in [2.05, 4.69) is 82.6 Å². The fourth-order valence-electron chi connectivity index (χ4n) is 5.43. The van der Waals surface area contributed by atoms with E-state index in [1.54, 1.807) is 0 Å². The van der Waals surface area contributed by atoms with Crippen LogP contribution in [-0.4, -0.2) is 36.1 Å². The normalized spacial score (nSPS) is 16.7. The van der Waals surface area contributed by atoms with Gasteiger partial charge in [0.05, 0.1) is 16.8 Å². The quantitative estimate of drug-likeness (QED) is 0.338. The molecule has 0 bridgehead atoms. The lowest BCUT2D eigenvalue weighted by molar-refractivity contribution is 0.571. The van der Waals surface area contributed by atoms with Crippen molar-refractivity contribution in [3.05, 3.63) is 72.8 Å². The molecule has 0 amide bonds. The van der Waals surface area contributed by atoms with Gasteiger partial charge in [-0.05, 0) is 56.0 Å². The Morgan fingerprint density at radius 3 is 1.32 bits per heavy atom. The lowest BCUT2D eigenvalue weighted by Crippen LogP contribution is -2.33. The highest BCUT2D eigenvalue weighted by Crippen LogP contribution is 2.39. The summed E-state index contributed by atoms with van der Waals surface area (Å²) in [4.78, 5) is 15.6. The van der Waals surface area contributed by atoms with Crippen LogP contribution >= 0.6 is 0 Å². The van der Waals surface area contributed by atoms with Crippen LogP contribution in [0.5, 0.6) is 0 Å². The van der Waals surface area contributed by atoms with Crippen molar-refractivity contribution in [2.24, 2.45) is 0 Å². The molecule has 2 aliphatic rings. The van der Waals surface area contributed by atoms with Crippen molar-refractivity contribution in [2.45, 2.75) is 38.5 Å². The Labute approximate surface area is 202 Å². The smallest absolute Gasteiger partial charge is 0.140 e. The van der Waals surface area contributed by atoms with E-state index < -0.39 is 0 Å². The molecule has 0 saturated carbocycles. The van der Waals surface area contributed by atoms with E-state index in [1.165, 1.54) is 60.4 Å². The molecule has 2 aliphatic heterocycles. The number of hydrogen-bond donors (Lipinski definition) is 0. The second-order valence-electron chi connectivity index (χ2n) is 9.59. The van der Waals surface area contributed by atoms with E-state index in [4.69, 9.17) is 9.97 Å². The molecule has 2 aromatic carbocycles. The molecule has 4 nitrogen and oxygen atoms in total. The van der Waals surface area contributed by atoms with Gasteiger partial charge in [0, 0.05) is 37.3 Å². The minimum Gasteiger partial charge on any atom is -0.356 e. The molecule has 0 atom stereocenters. The maximum Gasteiger partial charge on any atom is 0.140 e. The van der Waals surface area contributed by atoms with Gasteiger partial charge in [-0.2, -0.15) is 0 Å². The van der Waals surface area contributed by atoms with Gasteiger partial charge in [0.1, 0.15) is 11.6 Å². The van der Waals surface area contributed by atoms with E-state index in [0.29, 0.717) is 0 Å². The number of aromatic nitrogens is 2. The molecule has 0 radical (unpaired) electrons. The van der Waals surface area contributed by atoms with E-state index in [9.17, 15) is 0 Å². The molecule has 4 aromatic rings. The van der Waals surface area contributed by atoms with Crippen molar-refractivity contribution in [1.29, 1.82) is 0 Å². The van der Waals surface area contributed by atoms with Crippen molar-refractivity contribution in [3.8, 4) is 22.5 Å². The third kappa shape index (κ3) is 4.13. The van der Waals surface area contributed by atoms with Crippen LogP contribution in [-0.2, 0) is 0 Å². The summed E-state index contributed by atoms with van der Waals surface area (Å²) in [5.41, 5.74) is 4.42. The molecule has 172 valence electrons. The number of piperidine rings is 2. The standard InChI is InChI=1S/C30H32N4/c1-5-13-23(14-6-1)26-21-25-22-27(24-15-7-2-8-16-24)32-30(34-19-11-4-12-20-34)28(25)29(31-26)33-17-9-3-10-18-33/h1-2,5-8,13-16,21-22H,3-4,9-12,17-20H2. The Kier molecular flexibility index (Phi) is 5.88. The summed E-state index contributed by atoms with van der Waals surface area (Å²) in [7, 11) is 0. The van der Waals surface area contributed by atoms with Crippen LogP contribution in [0.2, 0.25) is 0 Å². The Hall–Kier alpha value is -3.40. The number of nitrogens with zero attached hydrogens (tertiary/aromatic N) is 4. The SMILES string of the molecule is c1ccc(-c2cc3cc(-c4ccccc4)nc(N4CCCCC4)c3c(N3CCCCC3)n2)cc1. The number of anilines is 2. The first-order valence-electron chi connectivity index (χ1n) is 12.8. The second kappa shape index (κ2) is 9.46. The highest BCUT2D eigenvalue weighted by Gasteiger charge is 2.24. The van der Waals surface area contributed by atoms with E-state index in [-0.39, 0.29) is 0 Å². The first-order valence-corrected chi connectivity index (χ1v) is 12.8. The molecular weight excluding hydrogens is 416 g/mol. The highest BCUT2D eigenvalue weighted by molar-refractivity contribution is 6.04. The van der Waals surface area contributed by atoms with Crippen molar-refractivity contribution in [1.82, 2.24) is 9.97 Å². The number of fused-ring (bicyclic) bond motifs is 1. The van der Waals surface area contributed by atoms with Crippen LogP contribution in [0.4, 0.5) is 11.6 Å². The molecule has 2 aromatic heterocycles. The maximum atomic E-state index is 5.31. The number of pyridine rings is 2. The van der Waals surface area contributed by atoms with Gasteiger partial charge in [0.15, 0.2) is 0 Å². The molecule has 0 aliphatic carbocycles. The van der Waals surface area contributed by atoms with Crippen LogP contribution in [0.1, 0.15) is 38.5 Å². The van der Waals surface area contributed by atoms with Crippen LogP contribution in [0.15, 0.2) is 72.8 Å². The molecule has 4 heteroatoms. The Morgan fingerprint density at radius 2 is 0.912 bits per heavy atom. The molecule has 6 rings (SSSR count). The van der Waals surface area contributed by atoms with Crippen molar-refractivity contribution in [2.75, 3.05) is 36.0 Å². The minimum absolute atomic E-state index is 1.04. The van der Waals surface area contributed by atoms with Gasteiger partial charge in [-0.3, -0.25) is 0 Å². The van der Waals surface area contributed by atoms with E-state index in [0.717, 1.165) is 49.2 Å². The summed E-state index contributed by atoms with van der Waals surface area (Å²) in [5.74, 6) is 2.23.